The molecule has 0 aromatic heterocycles. The van der Waals surface area contributed by atoms with Gasteiger partial charge in [-0.2, -0.15) is 0 Å². The summed E-state index contributed by atoms with van der Waals surface area (Å²) in [6.07, 6.45) is 12.5. The molecule has 1 N–H and O–H groups in total. The molecular formula is C36H48N2O4. The predicted octanol–water partition coefficient (Wildman–Crippen LogP) is 5.53. The number of aliphatic hydroxyl groups excluding tert-OH is 1. The Morgan fingerprint density at radius 1 is 1.10 bits per heavy atom. The van der Waals surface area contributed by atoms with Crippen molar-refractivity contribution in [2.45, 2.75) is 107 Å². The lowest BCUT2D eigenvalue weighted by Crippen LogP contribution is -2.69. The number of hydrogen-bond acceptors (Lipinski definition) is 5. The van der Waals surface area contributed by atoms with Crippen molar-refractivity contribution in [3.63, 3.8) is 0 Å². The fourth-order valence-corrected chi connectivity index (χ4v) is 9.24. The molecule has 2 bridgehead atoms. The van der Waals surface area contributed by atoms with E-state index in [9.17, 15) is 9.90 Å². The molecule has 1 amide bonds. The van der Waals surface area contributed by atoms with Gasteiger partial charge in [-0.1, -0.05) is 55.7 Å². The second kappa shape index (κ2) is 11.5. The second-order valence-corrected chi connectivity index (χ2v) is 13.8. The molecule has 226 valence electrons. The molecule has 7 atom stereocenters. The number of amides is 1. The third-order valence-electron chi connectivity index (χ3n) is 11.5. The van der Waals surface area contributed by atoms with Crippen molar-refractivity contribution in [1.82, 2.24) is 9.80 Å². The van der Waals surface area contributed by atoms with Gasteiger partial charge >= 0.3 is 0 Å². The van der Waals surface area contributed by atoms with E-state index in [1.54, 1.807) is 7.11 Å². The van der Waals surface area contributed by atoms with Crippen LogP contribution in [-0.4, -0.2) is 72.4 Å². The second-order valence-electron chi connectivity index (χ2n) is 13.8. The Kier molecular flexibility index (Phi) is 7.72. The van der Waals surface area contributed by atoms with Crippen LogP contribution in [0, 0.1) is 11.8 Å². The van der Waals surface area contributed by atoms with Crippen LogP contribution in [0.3, 0.4) is 0 Å². The molecule has 6 heteroatoms. The maximum Gasteiger partial charge on any atom is 0.222 e. The highest BCUT2D eigenvalue weighted by molar-refractivity contribution is 5.76. The van der Waals surface area contributed by atoms with Crippen LogP contribution < -0.4 is 9.47 Å². The van der Waals surface area contributed by atoms with Crippen molar-refractivity contribution >= 4 is 5.91 Å². The van der Waals surface area contributed by atoms with Crippen LogP contribution in [0.15, 0.2) is 42.5 Å². The normalized spacial score (nSPS) is 32.2. The lowest BCUT2D eigenvalue weighted by atomic mass is 9.51. The van der Waals surface area contributed by atoms with Gasteiger partial charge in [0, 0.05) is 43.0 Å². The maximum atomic E-state index is 13.6. The Hall–Kier alpha value is -2.57. The number of carbonyl (C=O) groups excluding carboxylic acids is 1. The number of likely N-dealkylation sites (tertiary alicyclic amines) is 1. The molecule has 2 aromatic carbocycles. The van der Waals surface area contributed by atoms with Gasteiger partial charge in [0.15, 0.2) is 11.5 Å². The summed E-state index contributed by atoms with van der Waals surface area (Å²) in [6.45, 7) is 2.05. The molecule has 3 aliphatic carbocycles. The van der Waals surface area contributed by atoms with E-state index < -0.39 is 0 Å². The first-order valence-corrected chi connectivity index (χ1v) is 16.6. The number of aryl methyl sites for hydroxylation is 1. The van der Waals surface area contributed by atoms with E-state index in [1.165, 1.54) is 36.0 Å². The minimum atomic E-state index is -0.111. The Bertz CT molecular complexity index is 1280. The molecule has 5 aliphatic rings. The summed E-state index contributed by atoms with van der Waals surface area (Å²) in [6, 6.07) is 15.6. The van der Waals surface area contributed by atoms with E-state index in [-0.39, 0.29) is 29.6 Å². The van der Waals surface area contributed by atoms with E-state index in [4.69, 9.17) is 9.47 Å². The molecule has 6 nitrogen and oxygen atoms in total. The monoisotopic (exact) mass is 572 g/mol. The number of carbonyl (C=O) groups is 1. The van der Waals surface area contributed by atoms with Gasteiger partial charge in [-0.3, -0.25) is 9.69 Å². The summed E-state index contributed by atoms with van der Waals surface area (Å²) in [5.41, 5.74) is 4.15. The fourth-order valence-electron chi connectivity index (χ4n) is 9.24. The fraction of sp³-hybridized carbons (Fsp3) is 0.639. The smallest absolute Gasteiger partial charge is 0.222 e. The third kappa shape index (κ3) is 4.83. The highest BCUT2D eigenvalue weighted by atomic mass is 16.5. The average molecular weight is 573 g/mol. The van der Waals surface area contributed by atoms with Crippen molar-refractivity contribution in [2.75, 3.05) is 27.2 Å². The third-order valence-corrected chi connectivity index (χ3v) is 11.5. The molecule has 2 aromatic rings. The number of rotatable bonds is 12. The van der Waals surface area contributed by atoms with Crippen molar-refractivity contribution < 1.29 is 19.4 Å². The summed E-state index contributed by atoms with van der Waals surface area (Å²) in [7, 11) is 3.76. The number of nitrogens with zero attached hydrogens (tertiary/aromatic N) is 2. The average Bonchev–Trinajstić information content (AvgIpc) is 3.59. The first kappa shape index (κ1) is 28.2. The van der Waals surface area contributed by atoms with Crippen molar-refractivity contribution in [1.29, 1.82) is 0 Å². The number of aliphatic hydroxyl groups is 1. The first-order valence-electron chi connectivity index (χ1n) is 16.6. The number of hydrogen-bond donors (Lipinski definition) is 1. The minimum absolute atomic E-state index is 0.0234. The number of benzene rings is 2. The van der Waals surface area contributed by atoms with Crippen LogP contribution in [0.1, 0.15) is 80.9 Å². The lowest BCUT2D eigenvalue weighted by Gasteiger charge is -2.60. The zero-order chi connectivity index (χ0) is 28.8. The van der Waals surface area contributed by atoms with Crippen LogP contribution in [0.2, 0.25) is 0 Å². The van der Waals surface area contributed by atoms with Crippen LogP contribution in [-0.2, 0) is 23.1 Å². The number of ether oxygens (including phenoxy) is 2. The van der Waals surface area contributed by atoms with E-state index >= 15 is 0 Å². The molecule has 0 radical (unpaired) electrons. The Morgan fingerprint density at radius 2 is 1.88 bits per heavy atom. The van der Waals surface area contributed by atoms with Crippen molar-refractivity contribution in [3.05, 3.63) is 59.2 Å². The number of methoxy groups -OCH3 is 1. The molecule has 3 fully saturated rings. The van der Waals surface area contributed by atoms with E-state index in [1.807, 2.05) is 7.05 Å². The van der Waals surface area contributed by atoms with Gasteiger partial charge < -0.3 is 19.5 Å². The molecule has 1 spiro atoms. The van der Waals surface area contributed by atoms with E-state index in [0.29, 0.717) is 24.3 Å². The van der Waals surface area contributed by atoms with Gasteiger partial charge in [-0.25, -0.2) is 0 Å². The van der Waals surface area contributed by atoms with Crippen LogP contribution in [0.4, 0.5) is 0 Å². The summed E-state index contributed by atoms with van der Waals surface area (Å²) in [5, 5.41) is 10.1. The molecule has 1 saturated heterocycles. The molecule has 2 aliphatic heterocycles. The Balaban J connectivity index is 1.01. The SMILES string of the molecule is COc1ccc2c3c1O[C@H]1[C@@H](N(C)C(=O)CCCCCCCc4ccccc4)CC[C@H]4[C@@H](C2)N(CC2CC2O)CC[C@@]341. The molecule has 2 saturated carbocycles. The van der Waals surface area contributed by atoms with Gasteiger partial charge in [0.25, 0.3) is 0 Å². The van der Waals surface area contributed by atoms with Gasteiger partial charge in [0.05, 0.1) is 19.3 Å². The topological polar surface area (TPSA) is 62.2 Å². The van der Waals surface area contributed by atoms with Gasteiger partial charge in [0.1, 0.15) is 6.10 Å². The lowest BCUT2D eigenvalue weighted by molar-refractivity contribution is -0.140. The molecular weight excluding hydrogens is 524 g/mol. The standard InChI is InChI=1S/C36H48N2O4/c1-37(32(40)14-10-5-3-4-7-11-24-12-8-6-9-13-24)28-17-16-27-29-21-25-15-18-31(41-2)34-33(25)36(27,35(28)42-34)19-20-38(29)23-26-22-30(26)39/h6,8-9,12-13,15,18,26-30,35,39H,3-5,7,10-11,14,16-17,19-23H2,1-2H3/t26?,27-,28-,29+,30?,35-,36-/m0/s1. The van der Waals surface area contributed by atoms with Crippen molar-refractivity contribution in [3.8, 4) is 11.5 Å². The van der Waals surface area contributed by atoms with E-state index in [0.717, 1.165) is 76.0 Å². The van der Waals surface area contributed by atoms with Gasteiger partial charge in [0.2, 0.25) is 5.91 Å². The summed E-state index contributed by atoms with van der Waals surface area (Å²) in [5.74, 6) is 2.99. The Labute approximate surface area is 251 Å². The van der Waals surface area contributed by atoms with Crippen molar-refractivity contribution in [2.24, 2.45) is 11.8 Å². The van der Waals surface area contributed by atoms with Crippen LogP contribution in [0.25, 0.3) is 0 Å². The molecule has 2 unspecified atom stereocenters. The summed E-state index contributed by atoms with van der Waals surface area (Å²) >= 11 is 0. The maximum absolute atomic E-state index is 13.6. The molecule has 2 heterocycles. The zero-order valence-electron chi connectivity index (χ0n) is 25.5. The zero-order valence-corrected chi connectivity index (χ0v) is 25.5. The largest absolute Gasteiger partial charge is 0.493 e. The Morgan fingerprint density at radius 3 is 2.67 bits per heavy atom. The highest BCUT2D eigenvalue weighted by Crippen LogP contribution is 2.64. The number of piperidine rings is 1. The van der Waals surface area contributed by atoms with Crippen LogP contribution in [0.5, 0.6) is 11.5 Å². The van der Waals surface area contributed by atoms with Gasteiger partial charge in [-0.05, 0) is 81.0 Å². The minimum Gasteiger partial charge on any atom is -0.493 e. The van der Waals surface area contributed by atoms with Gasteiger partial charge in [-0.15, -0.1) is 0 Å². The van der Waals surface area contributed by atoms with Crippen LogP contribution >= 0.6 is 0 Å². The summed E-state index contributed by atoms with van der Waals surface area (Å²) in [4.78, 5) is 18.3. The predicted molar refractivity (Wildman–Crippen MR) is 164 cm³/mol. The van der Waals surface area contributed by atoms with E-state index in [2.05, 4.69) is 52.3 Å². The highest BCUT2D eigenvalue weighted by Gasteiger charge is 2.66. The molecule has 42 heavy (non-hydrogen) atoms. The number of unbranched alkanes of at least 4 members (excludes halogenated alkanes) is 4. The summed E-state index contributed by atoms with van der Waals surface area (Å²) < 4.78 is 12.8. The first-order chi connectivity index (χ1) is 20.5. The quantitative estimate of drug-likeness (QED) is 0.339. The number of likely N-dealkylation sites (N-methyl/N-ethyl adjacent to an activating group) is 1. The molecule has 7 rings (SSSR count).